The van der Waals surface area contributed by atoms with Crippen LogP contribution in [0.15, 0.2) is 24.3 Å². The van der Waals surface area contributed by atoms with Crippen molar-refractivity contribution in [1.29, 1.82) is 0 Å². The van der Waals surface area contributed by atoms with Crippen molar-refractivity contribution in [2.45, 2.75) is 58.1 Å². The van der Waals surface area contributed by atoms with Crippen molar-refractivity contribution in [1.82, 2.24) is 20.1 Å². The Morgan fingerprint density at radius 3 is 2.05 bits per heavy atom. The summed E-state index contributed by atoms with van der Waals surface area (Å²) in [5, 5.41) is 38.1. The Bertz CT molecular complexity index is 1180. The number of nitrogens with one attached hydrogen (secondary N) is 1. The molecule has 1 saturated heterocycles. The molecule has 226 valence electrons. The summed E-state index contributed by atoms with van der Waals surface area (Å²) in [6.07, 6.45) is -0.943. The van der Waals surface area contributed by atoms with Crippen LogP contribution in [0.2, 0.25) is 0 Å². The van der Waals surface area contributed by atoms with Gasteiger partial charge in [0.15, 0.2) is 5.60 Å². The number of hydrogen-bond donors (Lipinski definition) is 5. The van der Waals surface area contributed by atoms with Crippen LogP contribution >= 0.6 is 11.3 Å². The monoisotopic (exact) mass is 592 g/mol. The van der Waals surface area contributed by atoms with Crippen molar-refractivity contribution in [2.24, 2.45) is 0 Å². The van der Waals surface area contributed by atoms with E-state index in [0.717, 1.165) is 60.3 Å². The molecule has 1 aromatic carbocycles. The number of likely N-dealkylation sites (N-methyl/N-ethyl adjacent to an activating group) is 1. The molecule has 3 rings (SSSR count). The van der Waals surface area contributed by atoms with Gasteiger partial charge in [0.25, 0.3) is 0 Å². The summed E-state index contributed by atoms with van der Waals surface area (Å²) >= 11 is 1.62. The van der Waals surface area contributed by atoms with E-state index in [1.165, 1.54) is 5.56 Å². The summed E-state index contributed by atoms with van der Waals surface area (Å²) in [7, 11) is 2.17. The molecule has 13 heteroatoms. The van der Waals surface area contributed by atoms with Gasteiger partial charge >= 0.3 is 17.9 Å². The van der Waals surface area contributed by atoms with Gasteiger partial charge in [-0.25, -0.2) is 9.78 Å². The van der Waals surface area contributed by atoms with Crippen molar-refractivity contribution in [2.75, 3.05) is 39.8 Å². The molecule has 1 aliphatic heterocycles. The second-order valence-corrected chi connectivity index (χ2v) is 11.6. The lowest BCUT2D eigenvalue weighted by atomic mass is 9.96. The van der Waals surface area contributed by atoms with Crippen LogP contribution in [0, 0.1) is 13.8 Å². The van der Waals surface area contributed by atoms with E-state index < -0.39 is 36.4 Å². The number of benzene rings is 1. The van der Waals surface area contributed by atoms with E-state index in [4.69, 9.17) is 20.4 Å². The lowest BCUT2D eigenvalue weighted by molar-refractivity contribution is -0.170. The Hall–Kier alpha value is -3.39. The highest BCUT2D eigenvalue weighted by Crippen LogP contribution is 2.28. The number of aliphatic carboxylic acids is 3. The minimum Gasteiger partial charge on any atom is -0.481 e. The third kappa shape index (κ3) is 11.2. The van der Waals surface area contributed by atoms with Gasteiger partial charge in [-0.3, -0.25) is 19.3 Å². The highest BCUT2D eigenvalue weighted by molar-refractivity contribution is 7.12. The Morgan fingerprint density at radius 1 is 1.00 bits per heavy atom. The van der Waals surface area contributed by atoms with Gasteiger partial charge in [0.1, 0.15) is 0 Å². The minimum absolute atomic E-state index is 0.0954. The maximum Gasteiger partial charge on any atom is 0.336 e. The number of carboxylic acids is 3. The molecule has 1 fully saturated rings. The maximum absolute atomic E-state index is 12.8. The standard InChI is InChI=1S/C22H32N4OS.C6H8O7/c1-5-19(15-26-12-10-25(4)11-13-26)24-21(27)14-20-22(23-17(3)28-20)18-8-6-16(2)7-9-18;7-3(8)1-6(13,5(11)12)2-4(9)10/h6-9,19H,5,10-15H2,1-4H3,(H,24,27);13H,1-2H2,(H,7,8)(H,9,10)(H,11,12). The largest absolute Gasteiger partial charge is 0.481 e. The zero-order chi connectivity index (χ0) is 30.7. The number of hydrogen-bond acceptors (Lipinski definition) is 9. The molecule has 0 saturated carbocycles. The average Bonchev–Trinajstić information content (AvgIpc) is 3.24. The van der Waals surface area contributed by atoms with Crippen molar-refractivity contribution in [3.63, 3.8) is 0 Å². The van der Waals surface area contributed by atoms with E-state index in [1.54, 1.807) is 11.3 Å². The van der Waals surface area contributed by atoms with Gasteiger partial charge in [-0.05, 0) is 27.3 Å². The summed E-state index contributed by atoms with van der Waals surface area (Å²) in [6.45, 7) is 11.5. The van der Waals surface area contributed by atoms with Crippen molar-refractivity contribution in [3.8, 4) is 11.3 Å². The minimum atomic E-state index is -2.74. The van der Waals surface area contributed by atoms with Gasteiger partial charge in [-0.15, -0.1) is 11.3 Å². The van der Waals surface area contributed by atoms with Crippen LogP contribution in [0.1, 0.15) is 41.6 Å². The zero-order valence-electron chi connectivity index (χ0n) is 23.9. The maximum atomic E-state index is 12.8. The summed E-state index contributed by atoms with van der Waals surface area (Å²) in [6, 6.07) is 8.57. The van der Waals surface area contributed by atoms with Gasteiger partial charge in [0, 0.05) is 49.2 Å². The number of aromatic nitrogens is 1. The fourth-order valence-electron chi connectivity index (χ4n) is 4.28. The second-order valence-electron chi connectivity index (χ2n) is 10.3. The predicted molar refractivity (Wildman–Crippen MR) is 154 cm³/mol. The summed E-state index contributed by atoms with van der Waals surface area (Å²) in [5.41, 5.74) is 0.522. The lowest BCUT2D eigenvalue weighted by Gasteiger charge is -2.34. The first-order valence-corrected chi connectivity index (χ1v) is 14.2. The zero-order valence-corrected chi connectivity index (χ0v) is 24.7. The van der Waals surface area contributed by atoms with Crippen LogP contribution < -0.4 is 5.32 Å². The van der Waals surface area contributed by atoms with Crippen LogP contribution in [0.3, 0.4) is 0 Å². The lowest BCUT2D eigenvalue weighted by Crippen LogP contribution is -2.50. The number of amides is 1. The molecule has 1 aromatic heterocycles. The number of rotatable bonds is 12. The van der Waals surface area contributed by atoms with Gasteiger partial charge in [0.2, 0.25) is 5.91 Å². The molecule has 1 aliphatic rings. The quantitative estimate of drug-likeness (QED) is 0.243. The molecule has 1 unspecified atom stereocenters. The van der Waals surface area contributed by atoms with E-state index >= 15 is 0 Å². The molecule has 5 N–H and O–H groups in total. The van der Waals surface area contributed by atoms with E-state index in [1.807, 2.05) is 6.92 Å². The first-order valence-electron chi connectivity index (χ1n) is 13.3. The van der Waals surface area contributed by atoms with E-state index in [0.29, 0.717) is 6.42 Å². The first-order chi connectivity index (χ1) is 19.2. The van der Waals surface area contributed by atoms with Crippen LogP contribution in [-0.4, -0.2) is 110 Å². The summed E-state index contributed by atoms with van der Waals surface area (Å²) < 4.78 is 0. The molecule has 0 radical (unpaired) electrons. The normalized spacial score (nSPS) is 15.0. The number of piperazine rings is 1. The van der Waals surface area contributed by atoms with Gasteiger partial charge in [-0.2, -0.15) is 0 Å². The first kappa shape index (κ1) is 33.8. The average molecular weight is 593 g/mol. The smallest absolute Gasteiger partial charge is 0.336 e. The van der Waals surface area contributed by atoms with Crippen molar-refractivity contribution in [3.05, 3.63) is 39.7 Å². The molecular formula is C28H40N4O8S. The Morgan fingerprint density at radius 2 is 1.56 bits per heavy atom. The Balaban J connectivity index is 0.000000383. The SMILES string of the molecule is CCC(CN1CCN(C)CC1)NC(=O)Cc1sc(C)nc1-c1ccc(C)cc1.O=C(O)CC(O)(CC(=O)O)C(=O)O. The van der Waals surface area contributed by atoms with Crippen molar-refractivity contribution >= 4 is 35.2 Å². The molecule has 2 heterocycles. The molecule has 0 bridgehead atoms. The molecule has 0 spiro atoms. The topological polar surface area (TPSA) is 181 Å². The molecular weight excluding hydrogens is 552 g/mol. The van der Waals surface area contributed by atoms with Crippen molar-refractivity contribution < 1.29 is 39.6 Å². The van der Waals surface area contributed by atoms with Crippen LogP contribution in [0.5, 0.6) is 0 Å². The summed E-state index contributed by atoms with van der Waals surface area (Å²) in [5.74, 6) is -4.92. The number of carbonyl (C=O) groups is 4. The van der Waals surface area contributed by atoms with Gasteiger partial charge < -0.3 is 30.6 Å². The Labute approximate surface area is 243 Å². The Kier molecular flexibility index (Phi) is 12.8. The predicted octanol–water partition coefficient (Wildman–Crippen LogP) is 1.86. The third-order valence-electron chi connectivity index (χ3n) is 6.67. The molecule has 2 aromatic rings. The molecule has 41 heavy (non-hydrogen) atoms. The number of aliphatic hydroxyl groups is 1. The highest BCUT2D eigenvalue weighted by Gasteiger charge is 2.40. The number of nitrogens with zero attached hydrogens (tertiary/aromatic N) is 3. The fraction of sp³-hybridized carbons (Fsp3) is 0.536. The van der Waals surface area contributed by atoms with E-state index in [9.17, 15) is 19.2 Å². The van der Waals surface area contributed by atoms with Crippen LogP contribution in [0.4, 0.5) is 0 Å². The van der Waals surface area contributed by atoms with Gasteiger partial charge in [0.05, 0.1) is 30.0 Å². The number of carbonyl (C=O) groups excluding carboxylic acids is 1. The van der Waals surface area contributed by atoms with Crippen LogP contribution in [0.25, 0.3) is 11.3 Å². The molecule has 1 amide bonds. The fourth-order valence-corrected chi connectivity index (χ4v) is 5.24. The van der Waals surface area contributed by atoms with Gasteiger partial charge in [-0.1, -0.05) is 36.8 Å². The molecule has 0 aliphatic carbocycles. The number of carboxylic acid groups (broad SMARTS) is 3. The highest BCUT2D eigenvalue weighted by atomic mass is 32.1. The van der Waals surface area contributed by atoms with E-state index in [2.05, 4.69) is 65.3 Å². The summed E-state index contributed by atoms with van der Waals surface area (Å²) in [4.78, 5) is 53.8. The van der Waals surface area contributed by atoms with Crippen LogP contribution in [-0.2, 0) is 25.6 Å². The van der Waals surface area contributed by atoms with E-state index in [-0.39, 0.29) is 11.9 Å². The number of aryl methyl sites for hydroxylation is 2. The molecule has 1 atom stereocenters. The third-order valence-corrected chi connectivity index (χ3v) is 7.64. The number of thiazole rings is 1. The molecule has 12 nitrogen and oxygen atoms in total. The second kappa shape index (κ2) is 15.6.